The Kier molecular flexibility index (Phi) is 1.85. The Balaban J connectivity index is 1.67. The number of hydrogen-bond donors (Lipinski definition) is 2. The standard InChI is InChI=1S/C13H16N4O/c14-9-6-13(7-9)4-8(5-13)11-10-2-1-3-17(10)12(18)16-15-11/h1-3,8-9H,4-7,14H2,(H,16,18). The summed E-state index contributed by atoms with van der Waals surface area (Å²) in [5, 5.41) is 6.84. The van der Waals surface area contributed by atoms with Crippen LogP contribution in [0, 0.1) is 5.41 Å². The molecule has 5 nitrogen and oxygen atoms in total. The predicted octanol–water partition coefficient (Wildman–Crippen LogP) is 1.01. The van der Waals surface area contributed by atoms with E-state index in [1.165, 1.54) is 12.8 Å². The lowest BCUT2D eigenvalue weighted by atomic mass is 9.49. The number of nitrogens with one attached hydrogen (secondary N) is 1. The Morgan fingerprint density at radius 2 is 2.17 bits per heavy atom. The fraction of sp³-hybridized carbons (Fsp3) is 0.538. The van der Waals surface area contributed by atoms with Crippen LogP contribution in [0.25, 0.3) is 5.52 Å². The van der Waals surface area contributed by atoms with E-state index in [2.05, 4.69) is 10.2 Å². The smallest absolute Gasteiger partial charge is 0.328 e. The maximum Gasteiger partial charge on any atom is 0.346 e. The van der Waals surface area contributed by atoms with Crippen molar-refractivity contribution in [1.82, 2.24) is 14.6 Å². The van der Waals surface area contributed by atoms with Gasteiger partial charge in [-0.1, -0.05) is 0 Å². The van der Waals surface area contributed by atoms with Gasteiger partial charge in [0.05, 0.1) is 11.2 Å². The fourth-order valence-corrected chi connectivity index (χ4v) is 3.85. The molecule has 2 aliphatic rings. The molecule has 2 aromatic rings. The van der Waals surface area contributed by atoms with Crippen LogP contribution in [0.1, 0.15) is 37.3 Å². The second-order valence-corrected chi connectivity index (χ2v) is 5.95. The largest absolute Gasteiger partial charge is 0.346 e. The highest BCUT2D eigenvalue weighted by molar-refractivity contribution is 5.53. The molecule has 0 aliphatic heterocycles. The molecule has 2 heterocycles. The van der Waals surface area contributed by atoms with Gasteiger partial charge < -0.3 is 5.73 Å². The quantitative estimate of drug-likeness (QED) is 0.786. The zero-order chi connectivity index (χ0) is 12.3. The molecule has 2 saturated carbocycles. The highest BCUT2D eigenvalue weighted by atomic mass is 16.1. The molecule has 1 spiro atoms. The molecule has 0 atom stereocenters. The maximum absolute atomic E-state index is 11.6. The minimum Gasteiger partial charge on any atom is -0.328 e. The molecular weight excluding hydrogens is 228 g/mol. The van der Waals surface area contributed by atoms with Crippen molar-refractivity contribution in [3.05, 3.63) is 34.5 Å². The van der Waals surface area contributed by atoms with E-state index >= 15 is 0 Å². The Hall–Kier alpha value is -1.62. The topological polar surface area (TPSA) is 76.2 Å². The maximum atomic E-state index is 11.6. The van der Waals surface area contributed by atoms with Crippen LogP contribution < -0.4 is 11.4 Å². The molecule has 94 valence electrons. The highest BCUT2D eigenvalue weighted by Gasteiger charge is 2.52. The Morgan fingerprint density at radius 1 is 1.39 bits per heavy atom. The first kappa shape index (κ1) is 10.3. The molecule has 5 heteroatoms. The summed E-state index contributed by atoms with van der Waals surface area (Å²) in [4.78, 5) is 11.6. The second-order valence-electron chi connectivity index (χ2n) is 5.95. The molecule has 2 fully saturated rings. The van der Waals surface area contributed by atoms with E-state index < -0.39 is 0 Å². The van der Waals surface area contributed by atoms with Crippen LogP contribution >= 0.6 is 0 Å². The number of fused-ring (bicyclic) bond motifs is 1. The third-order valence-electron chi connectivity index (χ3n) is 4.64. The summed E-state index contributed by atoms with van der Waals surface area (Å²) in [6, 6.07) is 4.27. The Morgan fingerprint density at radius 3 is 2.89 bits per heavy atom. The number of H-pyrrole nitrogens is 1. The second kappa shape index (κ2) is 3.23. The first-order chi connectivity index (χ1) is 8.67. The summed E-state index contributed by atoms with van der Waals surface area (Å²) in [5.74, 6) is 0.478. The summed E-state index contributed by atoms with van der Waals surface area (Å²) in [6.07, 6.45) is 6.43. The molecule has 0 radical (unpaired) electrons. The van der Waals surface area contributed by atoms with Crippen molar-refractivity contribution < 1.29 is 0 Å². The van der Waals surface area contributed by atoms with Gasteiger partial charge in [0.15, 0.2) is 0 Å². The average molecular weight is 244 g/mol. The lowest BCUT2D eigenvalue weighted by molar-refractivity contribution is -0.00935. The minimum atomic E-state index is -0.168. The summed E-state index contributed by atoms with van der Waals surface area (Å²) in [5.41, 5.74) is 8.18. The minimum absolute atomic E-state index is 0.168. The van der Waals surface area contributed by atoms with Crippen molar-refractivity contribution in [2.24, 2.45) is 11.1 Å². The molecule has 4 rings (SSSR count). The number of rotatable bonds is 1. The highest BCUT2D eigenvalue weighted by Crippen LogP contribution is 2.61. The molecule has 18 heavy (non-hydrogen) atoms. The molecule has 0 saturated heterocycles. The SMILES string of the molecule is NC1CC2(C1)CC(c1n[nH]c(=O)n3cccc13)C2. The zero-order valence-electron chi connectivity index (χ0n) is 10.1. The lowest BCUT2D eigenvalue weighted by Gasteiger charge is -2.56. The van der Waals surface area contributed by atoms with Crippen molar-refractivity contribution >= 4 is 5.52 Å². The molecular formula is C13H16N4O. The third kappa shape index (κ3) is 1.25. The average Bonchev–Trinajstić information content (AvgIpc) is 2.72. The number of aromatic amines is 1. The monoisotopic (exact) mass is 244 g/mol. The summed E-state index contributed by atoms with van der Waals surface area (Å²) >= 11 is 0. The van der Waals surface area contributed by atoms with Gasteiger partial charge in [0.1, 0.15) is 0 Å². The summed E-state index contributed by atoms with van der Waals surface area (Å²) < 4.78 is 1.64. The van der Waals surface area contributed by atoms with E-state index in [4.69, 9.17) is 5.73 Å². The Labute approximate surface area is 104 Å². The van der Waals surface area contributed by atoms with E-state index in [9.17, 15) is 4.79 Å². The number of nitrogens with two attached hydrogens (primary N) is 1. The van der Waals surface area contributed by atoms with E-state index in [1.807, 2.05) is 12.1 Å². The molecule has 0 amide bonds. The van der Waals surface area contributed by atoms with Gasteiger partial charge in [0.25, 0.3) is 0 Å². The molecule has 3 N–H and O–H groups in total. The van der Waals surface area contributed by atoms with Gasteiger partial charge in [0.2, 0.25) is 0 Å². The van der Waals surface area contributed by atoms with E-state index in [0.717, 1.165) is 24.1 Å². The normalized spacial score (nSPS) is 34.5. The van der Waals surface area contributed by atoms with Gasteiger partial charge >= 0.3 is 5.69 Å². The van der Waals surface area contributed by atoms with E-state index in [1.54, 1.807) is 10.6 Å². The van der Waals surface area contributed by atoms with Crippen LogP contribution in [-0.4, -0.2) is 20.6 Å². The van der Waals surface area contributed by atoms with Crippen LogP contribution in [0.15, 0.2) is 23.1 Å². The number of nitrogens with zero attached hydrogens (tertiary/aromatic N) is 2. The van der Waals surface area contributed by atoms with Crippen LogP contribution in [0.2, 0.25) is 0 Å². The van der Waals surface area contributed by atoms with Crippen molar-refractivity contribution in [2.45, 2.75) is 37.6 Å². The van der Waals surface area contributed by atoms with Crippen molar-refractivity contribution in [3.63, 3.8) is 0 Å². The van der Waals surface area contributed by atoms with Crippen molar-refractivity contribution in [1.29, 1.82) is 0 Å². The van der Waals surface area contributed by atoms with Crippen LogP contribution in [-0.2, 0) is 0 Å². The number of hydrogen-bond acceptors (Lipinski definition) is 3. The van der Waals surface area contributed by atoms with Gasteiger partial charge in [-0.05, 0) is 43.2 Å². The zero-order valence-corrected chi connectivity index (χ0v) is 10.1. The van der Waals surface area contributed by atoms with Crippen molar-refractivity contribution in [2.75, 3.05) is 0 Å². The van der Waals surface area contributed by atoms with Gasteiger partial charge in [-0.2, -0.15) is 5.10 Å². The first-order valence-corrected chi connectivity index (χ1v) is 6.48. The molecule has 0 unspecified atom stereocenters. The summed E-state index contributed by atoms with van der Waals surface area (Å²) in [7, 11) is 0. The predicted molar refractivity (Wildman–Crippen MR) is 67.4 cm³/mol. The molecule has 2 aromatic heterocycles. The first-order valence-electron chi connectivity index (χ1n) is 6.48. The van der Waals surface area contributed by atoms with Crippen molar-refractivity contribution in [3.8, 4) is 0 Å². The summed E-state index contributed by atoms with van der Waals surface area (Å²) in [6.45, 7) is 0. The molecule has 2 aliphatic carbocycles. The van der Waals surface area contributed by atoms with Crippen LogP contribution in [0.5, 0.6) is 0 Å². The van der Waals surface area contributed by atoms with Gasteiger partial charge in [0, 0.05) is 18.2 Å². The van der Waals surface area contributed by atoms with E-state index in [0.29, 0.717) is 17.4 Å². The van der Waals surface area contributed by atoms with Gasteiger partial charge in [-0.25, -0.2) is 9.89 Å². The van der Waals surface area contributed by atoms with E-state index in [-0.39, 0.29) is 5.69 Å². The number of aromatic nitrogens is 3. The fourth-order valence-electron chi connectivity index (χ4n) is 3.85. The molecule has 0 aromatic carbocycles. The van der Waals surface area contributed by atoms with Crippen LogP contribution in [0.4, 0.5) is 0 Å². The lowest BCUT2D eigenvalue weighted by Crippen LogP contribution is -2.52. The molecule has 0 bridgehead atoms. The van der Waals surface area contributed by atoms with Gasteiger partial charge in [-0.3, -0.25) is 4.40 Å². The Bertz CT molecular complexity index is 657. The van der Waals surface area contributed by atoms with Crippen LogP contribution in [0.3, 0.4) is 0 Å². The van der Waals surface area contributed by atoms with Gasteiger partial charge in [-0.15, -0.1) is 0 Å². The third-order valence-corrected chi connectivity index (χ3v) is 4.64.